The third kappa shape index (κ3) is 3.61. The van der Waals surface area contributed by atoms with Crippen molar-refractivity contribution >= 4 is 18.0 Å². The summed E-state index contributed by atoms with van der Waals surface area (Å²) in [5, 5.41) is 9.44. The van der Waals surface area contributed by atoms with Crippen LogP contribution in [0.2, 0.25) is 0 Å². The zero-order chi connectivity index (χ0) is 18.0. The van der Waals surface area contributed by atoms with E-state index in [0.717, 1.165) is 16.7 Å². The van der Waals surface area contributed by atoms with Crippen molar-refractivity contribution in [2.24, 2.45) is 0 Å². The van der Waals surface area contributed by atoms with Gasteiger partial charge in [-0.3, -0.25) is 0 Å². The van der Waals surface area contributed by atoms with E-state index in [2.05, 4.69) is 0 Å². The molecule has 0 amide bonds. The maximum atomic E-state index is 12.0. The number of benzene rings is 2. The van der Waals surface area contributed by atoms with E-state index >= 15 is 0 Å². The van der Waals surface area contributed by atoms with Gasteiger partial charge in [0.05, 0.1) is 6.61 Å². The molecule has 1 fully saturated rings. The lowest BCUT2D eigenvalue weighted by Crippen LogP contribution is -2.41. The number of ether oxygens (including phenoxy) is 2. The molecule has 1 heterocycles. The van der Waals surface area contributed by atoms with E-state index in [0.29, 0.717) is 5.56 Å². The van der Waals surface area contributed by atoms with Crippen molar-refractivity contribution in [3.8, 4) is 11.1 Å². The molecule has 1 N–H and O–H groups in total. The Balaban J connectivity index is 1.88. The van der Waals surface area contributed by atoms with E-state index in [1.54, 1.807) is 12.1 Å². The molecule has 0 unspecified atom stereocenters. The summed E-state index contributed by atoms with van der Waals surface area (Å²) in [5.41, 5.74) is 3.23. The van der Waals surface area contributed by atoms with Crippen LogP contribution < -0.4 is 0 Å². The number of aliphatic hydroxyl groups excluding tert-OH is 1. The highest BCUT2D eigenvalue weighted by Crippen LogP contribution is 2.27. The predicted octanol–water partition coefficient (Wildman–Crippen LogP) is 3.07. The third-order valence-electron chi connectivity index (χ3n) is 3.84. The molecule has 2 aromatic carbocycles. The second-order valence-corrected chi connectivity index (χ2v) is 6.17. The van der Waals surface area contributed by atoms with E-state index in [4.69, 9.17) is 9.47 Å². The molecule has 0 saturated carbocycles. The largest absolute Gasteiger partial charge is 0.419 e. The van der Waals surface area contributed by atoms with Crippen LogP contribution in [0.25, 0.3) is 17.2 Å². The van der Waals surface area contributed by atoms with Crippen LogP contribution in [0.1, 0.15) is 25.0 Å². The van der Waals surface area contributed by atoms with Crippen LogP contribution in [0.4, 0.5) is 0 Å². The van der Waals surface area contributed by atoms with Crippen molar-refractivity contribution in [3.63, 3.8) is 0 Å². The summed E-state index contributed by atoms with van der Waals surface area (Å²) in [5.74, 6) is -2.64. The van der Waals surface area contributed by atoms with Gasteiger partial charge in [-0.25, -0.2) is 9.59 Å². The minimum atomic E-state index is -1.25. The van der Waals surface area contributed by atoms with Crippen molar-refractivity contribution in [1.29, 1.82) is 0 Å². The van der Waals surface area contributed by atoms with Crippen LogP contribution in [0.3, 0.4) is 0 Å². The first-order valence-electron chi connectivity index (χ1n) is 7.87. The average Bonchev–Trinajstić information content (AvgIpc) is 2.58. The average molecular weight is 338 g/mol. The molecule has 1 aliphatic heterocycles. The molecule has 5 nitrogen and oxygen atoms in total. The van der Waals surface area contributed by atoms with Gasteiger partial charge in [0, 0.05) is 13.8 Å². The van der Waals surface area contributed by atoms with Gasteiger partial charge >= 0.3 is 11.9 Å². The zero-order valence-electron chi connectivity index (χ0n) is 14.0. The highest BCUT2D eigenvalue weighted by Gasteiger charge is 2.38. The van der Waals surface area contributed by atoms with Crippen molar-refractivity contribution in [1.82, 2.24) is 0 Å². The molecule has 2 aromatic rings. The quantitative estimate of drug-likeness (QED) is 0.529. The van der Waals surface area contributed by atoms with Crippen molar-refractivity contribution in [2.75, 3.05) is 0 Å². The molecule has 3 rings (SSSR count). The first-order chi connectivity index (χ1) is 11.9. The summed E-state index contributed by atoms with van der Waals surface area (Å²) in [6.07, 6.45) is 1.45. The number of esters is 2. The SMILES string of the molecule is CC1(C)OC(=O)C(=Cc2ccc(-c3ccccc3CO)cc2)C(=O)O1. The van der Waals surface area contributed by atoms with E-state index in [1.165, 1.54) is 19.9 Å². The molecule has 1 saturated heterocycles. The number of cyclic esters (lactones) is 2. The zero-order valence-corrected chi connectivity index (χ0v) is 14.0. The lowest BCUT2D eigenvalue weighted by molar-refractivity contribution is -0.222. The molecule has 1 aliphatic rings. The summed E-state index contributed by atoms with van der Waals surface area (Å²) in [6, 6.07) is 14.9. The van der Waals surface area contributed by atoms with Crippen LogP contribution >= 0.6 is 0 Å². The normalized spacial score (nSPS) is 16.2. The lowest BCUT2D eigenvalue weighted by Gasteiger charge is -2.29. The van der Waals surface area contributed by atoms with E-state index < -0.39 is 17.7 Å². The Kier molecular flexibility index (Phi) is 4.42. The summed E-state index contributed by atoms with van der Waals surface area (Å²) < 4.78 is 10.1. The Morgan fingerprint density at radius 3 is 2.16 bits per heavy atom. The Morgan fingerprint density at radius 1 is 0.960 bits per heavy atom. The topological polar surface area (TPSA) is 72.8 Å². The van der Waals surface area contributed by atoms with Crippen LogP contribution in [0, 0.1) is 0 Å². The number of carbonyl (C=O) groups is 2. The van der Waals surface area contributed by atoms with E-state index in [1.807, 2.05) is 36.4 Å². The molecular weight excluding hydrogens is 320 g/mol. The van der Waals surface area contributed by atoms with Crippen molar-refractivity contribution in [2.45, 2.75) is 26.2 Å². The molecule has 0 spiro atoms. The minimum Gasteiger partial charge on any atom is -0.419 e. The summed E-state index contributed by atoms with van der Waals surface area (Å²) in [4.78, 5) is 24.0. The van der Waals surface area contributed by atoms with E-state index in [-0.39, 0.29) is 12.2 Å². The maximum Gasteiger partial charge on any atom is 0.348 e. The van der Waals surface area contributed by atoms with Gasteiger partial charge in [0.1, 0.15) is 5.57 Å². The molecule has 0 bridgehead atoms. The van der Waals surface area contributed by atoms with Gasteiger partial charge in [0.2, 0.25) is 0 Å². The number of hydrogen-bond donors (Lipinski definition) is 1. The summed E-state index contributed by atoms with van der Waals surface area (Å²) >= 11 is 0. The third-order valence-corrected chi connectivity index (χ3v) is 3.84. The van der Waals surface area contributed by atoms with Crippen LogP contribution in [-0.4, -0.2) is 22.8 Å². The van der Waals surface area contributed by atoms with Gasteiger partial charge in [0.15, 0.2) is 0 Å². The number of rotatable bonds is 3. The number of aliphatic hydroxyl groups is 1. The molecule has 0 aromatic heterocycles. The first kappa shape index (κ1) is 16.9. The maximum absolute atomic E-state index is 12.0. The molecule has 5 heteroatoms. The fraction of sp³-hybridized carbons (Fsp3) is 0.200. The van der Waals surface area contributed by atoms with Gasteiger partial charge in [-0.05, 0) is 28.3 Å². The van der Waals surface area contributed by atoms with Crippen molar-refractivity contribution in [3.05, 3.63) is 65.2 Å². The fourth-order valence-electron chi connectivity index (χ4n) is 2.64. The Hall–Kier alpha value is -2.92. The number of carbonyl (C=O) groups excluding carboxylic acids is 2. The van der Waals surface area contributed by atoms with E-state index in [9.17, 15) is 14.7 Å². The van der Waals surface area contributed by atoms with Crippen LogP contribution in [-0.2, 0) is 25.7 Å². The highest BCUT2D eigenvalue weighted by atomic mass is 16.7. The standard InChI is InChI=1S/C20H18O5/c1-20(2)24-18(22)17(19(23)25-20)11-13-7-9-14(10-8-13)16-6-4-3-5-15(16)12-21/h3-11,21H,12H2,1-2H3. The Morgan fingerprint density at radius 2 is 1.56 bits per heavy atom. The smallest absolute Gasteiger partial charge is 0.348 e. The molecule has 0 aliphatic carbocycles. The lowest BCUT2D eigenvalue weighted by atomic mass is 9.98. The van der Waals surface area contributed by atoms with Gasteiger partial charge in [-0.15, -0.1) is 0 Å². The second kappa shape index (κ2) is 6.53. The van der Waals surface area contributed by atoms with Gasteiger partial charge in [-0.2, -0.15) is 0 Å². The van der Waals surface area contributed by atoms with Gasteiger partial charge < -0.3 is 14.6 Å². The fourth-order valence-corrected chi connectivity index (χ4v) is 2.64. The Bertz CT molecular complexity index is 825. The predicted molar refractivity (Wildman–Crippen MR) is 92.0 cm³/mol. The summed E-state index contributed by atoms with van der Waals surface area (Å²) in [6.45, 7) is 2.97. The first-order valence-corrected chi connectivity index (χ1v) is 7.87. The van der Waals surface area contributed by atoms with Crippen LogP contribution in [0.5, 0.6) is 0 Å². The van der Waals surface area contributed by atoms with Crippen molar-refractivity contribution < 1.29 is 24.2 Å². The number of hydrogen-bond acceptors (Lipinski definition) is 5. The minimum absolute atomic E-state index is 0.0462. The molecular formula is C20H18O5. The van der Waals surface area contributed by atoms with Gasteiger partial charge in [0.25, 0.3) is 5.79 Å². The van der Waals surface area contributed by atoms with Crippen LogP contribution in [0.15, 0.2) is 54.1 Å². The van der Waals surface area contributed by atoms with Gasteiger partial charge in [-0.1, -0.05) is 48.5 Å². The molecule has 0 atom stereocenters. The molecule has 25 heavy (non-hydrogen) atoms. The molecule has 128 valence electrons. The highest BCUT2D eigenvalue weighted by molar-refractivity contribution is 6.18. The monoisotopic (exact) mass is 338 g/mol. The summed E-state index contributed by atoms with van der Waals surface area (Å²) in [7, 11) is 0. The Labute approximate surface area is 145 Å². The molecule has 0 radical (unpaired) electrons. The second-order valence-electron chi connectivity index (χ2n) is 6.17.